The van der Waals surface area contributed by atoms with E-state index in [0.29, 0.717) is 11.1 Å². The molecule has 1 aromatic carbocycles. The molecule has 1 rings (SSSR count). The van der Waals surface area contributed by atoms with E-state index in [-0.39, 0.29) is 5.82 Å². The van der Waals surface area contributed by atoms with E-state index < -0.39 is 0 Å². The summed E-state index contributed by atoms with van der Waals surface area (Å²) in [4.78, 5) is 0. The second-order valence-corrected chi connectivity index (χ2v) is 5.13. The molecule has 0 aliphatic carbocycles. The van der Waals surface area contributed by atoms with Gasteiger partial charge in [0.1, 0.15) is 5.82 Å². The zero-order chi connectivity index (χ0) is 14.1. The van der Waals surface area contributed by atoms with Crippen LogP contribution in [-0.2, 0) is 11.2 Å². The van der Waals surface area contributed by atoms with Gasteiger partial charge in [0.05, 0.1) is 0 Å². The minimum absolute atomic E-state index is 0.231. The lowest BCUT2D eigenvalue weighted by Gasteiger charge is -2.19. The number of ether oxygens (including phenoxy) is 1. The van der Waals surface area contributed by atoms with Gasteiger partial charge in [0.15, 0.2) is 0 Å². The molecule has 108 valence electrons. The fourth-order valence-electron chi connectivity index (χ4n) is 2.06. The van der Waals surface area contributed by atoms with Gasteiger partial charge in [-0.1, -0.05) is 18.5 Å². The summed E-state index contributed by atoms with van der Waals surface area (Å²) in [6, 6.07) is 4.86. The van der Waals surface area contributed by atoms with Crippen molar-refractivity contribution in [3.63, 3.8) is 0 Å². The zero-order valence-electron chi connectivity index (χ0n) is 11.7. The molecule has 0 heterocycles. The maximum Gasteiger partial charge on any atom is 0.123 e. The molecule has 4 heteroatoms. The van der Waals surface area contributed by atoms with Crippen LogP contribution in [0.4, 0.5) is 4.39 Å². The molecule has 1 atom stereocenters. The van der Waals surface area contributed by atoms with E-state index in [0.717, 1.165) is 44.4 Å². The third kappa shape index (κ3) is 6.37. The van der Waals surface area contributed by atoms with Crippen LogP contribution in [0.5, 0.6) is 0 Å². The van der Waals surface area contributed by atoms with Crippen LogP contribution in [0.2, 0.25) is 5.02 Å². The maximum absolute atomic E-state index is 13.3. The summed E-state index contributed by atoms with van der Waals surface area (Å²) in [7, 11) is 1.71. The van der Waals surface area contributed by atoms with Gasteiger partial charge in [0.25, 0.3) is 0 Å². The molecule has 0 aromatic heterocycles. The zero-order valence-corrected chi connectivity index (χ0v) is 12.5. The second-order valence-electron chi connectivity index (χ2n) is 4.73. The highest BCUT2D eigenvalue weighted by Gasteiger charge is 2.11. The van der Waals surface area contributed by atoms with Gasteiger partial charge in [-0.25, -0.2) is 4.39 Å². The first-order valence-electron chi connectivity index (χ1n) is 6.83. The van der Waals surface area contributed by atoms with Gasteiger partial charge >= 0.3 is 0 Å². The van der Waals surface area contributed by atoms with Gasteiger partial charge in [-0.3, -0.25) is 0 Å². The van der Waals surface area contributed by atoms with Gasteiger partial charge in [0, 0.05) is 24.8 Å². The van der Waals surface area contributed by atoms with Gasteiger partial charge < -0.3 is 10.1 Å². The molecule has 0 fully saturated rings. The van der Waals surface area contributed by atoms with Crippen molar-refractivity contribution in [3.8, 4) is 0 Å². The van der Waals surface area contributed by atoms with Crippen LogP contribution in [0.15, 0.2) is 18.2 Å². The van der Waals surface area contributed by atoms with Crippen molar-refractivity contribution < 1.29 is 9.13 Å². The lowest BCUT2D eigenvalue weighted by Crippen LogP contribution is -2.32. The number of hydrogen-bond acceptors (Lipinski definition) is 2. The first-order valence-corrected chi connectivity index (χ1v) is 7.21. The predicted octanol–water partition coefficient (Wildman–Crippen LogP) is 3.82. The molecule has 0 aliphatic rings. The highest BCUT2D eigenvalue weighted by Crippen LogP contribution is 2.19. The number of nitrogens with one attached hydrogen (secondary N) is 1. The average Bonchev–Trinajstić information content (AvgIpc) is 2.40. The Bertz CT molecular complexity index is 373. The number of halogens is 2. The summed E-state index contributed by atoms with van der Waals surface area (Å²) >= 11 is 6.12. The monoisotopic (exact) mass is 287 g/mol. The Kier molecular flexibility index (Phi) is 8.03. The molecule has 0 saturated carbocycles. The molecular weight excluding hydrogens is 265 g/mol. The van der Waals surface area contributed by atoms with Crippen molar-refractivity contribution in [2.45, 2.75) is 38.6 Å². The van der Waals surface area contributed by atoms with E-state index in [2.05, 4.69) is 12.2 Å². The third-order valence-electron chi connectivity index (χ3n) is 3.06. The molecule has 0 amide bonds. The van der Waals surface area contributed by atoms with Crippen molar-refractivity contribution in [2.75, 3.05) is 20.3 Å². The van der Waals surface area contributed by atoms with Crippen LogP contribution in [0.1, 0.15) is 31.7 Å². The first kappa shape index (κ1) is 16.4. The summed E-state index contributed by atoms with van der Waals surface area (Å²) in [6.45, 7) is 3.85. The smallest absolute Gasteiger partial charge is 0.123 e. The van der Waals surface area contributed by atoms with Gasteiger partial charge in [-0.2, -0.15) is 0 Å². The Morgan fingerprint density at radius 3 is 2.89 bits per heavy atom. The van der Waals surface area contributed by atoms with Crippen molar-refractivity contribution in [2.24, 2.45) is 0 Å². The molecular formula is C15H23ClFNO. The third-order valence-corrected chi connectivity index (χ3v) is 3.43. The normalized spacial score (nSPS) is 12.6. The Labute approximate surface area is 120 Å². The fourth-order valence-corrected chi connectivity index (χ4v) is 2.26. The average molecular weight is 288 g/mol. The van der Waals surface area contributed by atoms with Crippen molar-refractivity contribution in [1.29, 1.82) is 0 Å². The summed E-state index contributed by atoms with van der Waals surface area (Å²) in [5, 5.41) is 4.12. The molecule has 0 saturated heterocycles. The highest BCUT2D eigenvalue weighted by atomic mass is 35.5. The summed E-state index contributed by atoms with van der Waals surface area (Å²) < 4.78 is 18.3. The van der Waals surface area contributed by atoms with Crippen LogP contribution in [0.3, 0.4) is 0 Å². The van der Waals surface area contributed by atoms with Gasteiger partial charge in [0.2, 0.25) is 0 Å². The molecule has 0 bridgehead atoms. The minimum atomic E-state index is -0.231. The number of benzene rings is 1. The Hall–Kier alpha value is -0.640. The van der Waals surface area contributed by atoms with Gasteiger partial charge in [-0.15, -0.1) is 0 Å². The molecule has 0 spiro atoms. The van der Waals surface area contributed by atoms with Crippen LogP contribution < -0.4 is 5.32 Å². The van der Waals surface area contributed by atoms with Crippen molar-refractivity contribution in [3.05, 3.63) is 34.6 Å². The second kappa shape index (κ2) is 9.29. The number of rotatable bonds is 9. The Morgan fingerprint density at radius 1 is 1.42 bits per heavy atom. The van der Waals surface area contributed by atoms with Crippen LogP contribution >= 0.6 is 11.6 Å². The van der Waals surface area contributed by atoms with E-state index in [4.69, 9.17) is 16.3 Å². The standard InChI is InChI=1S/C15H23ClFNO/c1-3-8-18-14(5-4-9-19-2)11-12-10-13(17)6-7-15(12)16/h6-7,10,14,18H,3-5,8-9,11H2,1-2H3. The van der Waals surface area contributed by atoms with Gasteiger partial charge in [-0.05, 0) is 56.0 Å². The summed E-state index contributed by atoms with van der Waals surface area (Å²) in [5.41, 5.74) is 0.868. The first-order chi connectivity index (χ1) is 9.17. The van der Waals surface area contributed by atoms with Crippen molar-refractivity contribution in [1.82, 2.24) is 5.32 Å². The van der Waals surface area contributed by atoms with Crippen LogP contribution in [-0.4, -0.2) is 26.3 Å². The lowest BCUT2D eigenvalue weighted by molar-refractivity contribution is 0.188. The molecule has 1 unspecified atom stereocenters. The summed E-state index contributed by atoms with van der Waals surface area (Å²) in [6.07, 6.45) is 3.82. The molecule has 1 N–H and O–H groups in total. The van der Waals surface area contributed by atoms with E-state index >= 15 is 0 Å². The molecule has 19 heavy (non-hydrogen) atoms. The molecule has 0 radical (unpaired) electrons. The van der Waals surface area contributed by atoms with Crippen LogP contribution in [0.25, 0.3) is 0 Å². The van der Waals surface area contributed by atoms with E-state index in [1.165, 1.54) is 12.1 Å². The topological polar surface area (TPSA) is 21.3 Å². The lowest BCUT2D eigenvalue weighted by atomic mass is 10.0. The quantitative estimate of drug-likeness (QED) is 0.697. The van der Waals surface area contributed by atoms with Crippen molar-refractivity contribution >= 4 is 11.6 Å². The minimum Gasteiger partial charge on any atom is -0.385 e. The largest absolute Gasteiger partial charge is 0.385 e. The van der Waals surface area contributed by atoms with E-state index in [1.54, 1.807) is 13.2 Å². The summed E-state index contributed by atoms with van der Waals surface area (Å²) in [5.74, 6) is -0.231. The Morgan fingerprint density at radius 2 is 2.21 bits per heavy atom. The number of methoxy groups -OCH3 is 1. The molecule has 1 aromatic rings. The number of hydrogen-bond donors (Lipinski definition) is 1. The van der Waals surface area contributed by atoms with E-state index in [1.807, 2.05) is 0 Å². The molecule has 2 nitrogen and oxygen atoms in total. The SMILES string of the molecule is CCCNC(CCCOC)Cc1cc(F)ccc1Cl. The highest BCUT2D eigenvalue weighted by molar-refractivity contribution is 6.31. The fraction of sp³-hybridized carbons (Fsp3) is 0.600. The van der Waals surface area contributed by atoms with E-state index in [9.17, 15) is 4.39 Å². The predicted molar refractivity (Wildman–Crippen MR) is 78.3 cm³/mol. The maximum atomic E-state index is 13.3. The molecule has 0 aliphatic heterocycles. The Balaban J connectivity index is 2.61. The van der Waals surface area contributed by atoms with Crippen LogP contribution in [0, 0.1) is 5.82 Å².